The molecule has 0 aliphatic heterocycles. The third kappa shape index (κ3) is 4.94. The van der Waals surface area contributed by atoms with Crippen LogP contribution in [0.1, 0.15) is 24.2 Å². The van der Waals surface area contributed by atoms with Gasteiger partial charge in [-0.2, -0.15) is 0 Å². The number of carbonyl (C=O) groups excluding carboxylic acids is 1. The van der Waals surface area contributed by atoms with E-state index in [-0.39, 0.29) is 11.9 Å². The van der Waals surface area contributed by atoms with E-state index >= 15 is 0 Å². The number of pyridine rings is 2. The fourth-order valence-electron chi connectivity index (χ4n) is 2.92. The average molecular weight is 363 g/mol. The number of aromatic nitrogens is 3. The summed E-state index contributed by atoms with van der Waals surface area (Å²) in [6.45, 7) is 3.13. The van der Waals surface area contributed by atoms with Crippen LogP contribution in [0.2, 0.25) is 0 Å². The molecule has 0 fully saturated rings. The van der Waals surface area contributed by atoms with E-state index in [0.29, 0.717) is 6.54 Å². The van der Waals surface area contributed by atoms with Crippen LogP contribution in [0.4, 0.5) is 5.82 Å². The van der Waals surface area contributed by atoms with Gasteiger partial charge in [0.05, 0.1) is 0 Å². The van der Waals surface area contributed by atoms with Gasteiger partial charge in [-0.05, 0) is 37.3 Å². The van der Waals surface area contributed by atoms with E-state index < -0.39 is 0 Å². The van der Waals surface area contributed by atoms with E-state index in [1.165, 1.54) is 0 Å². The van der Waals surface area contributed by atoms with Gasteiger partial charge in [0.15, 0.2) is 0 Å². The topological polar surface area (TPSA) is 63.1 Å². The van der Waals surface area contributed by atoms with Gasteiger partial charge in [-0.3, -0.25) is 9.78 Å². The van der Waals surface area contributed by atoms with Gasteiger partial charge in [-0.25, -0.2) is 4.98 Å². The number of carbonyl (C=O) groups is 1. The summed E-state index contributed by atoms with van der Waals surface area (Å²) in [4.78, 5) is 23.4. The van der Waals surface area contributed by atoms with Crippen molar-refractivity contribution in [2.45, 2.75) is 25.9 Å². The summed E-state index contributed by atoms with van der Waals surface area (Å²) >= 11 is 0. The molecule has 1 unspecified atom stereocenters. The standard InChI is InChI=1S/C21H25N5O/c1-17(26-13-5-6-14-26)21(27)24-16-18-8-7-12-23-20(18)25(2)15-10-19-9-3-4-11-22-19/h3-9,11-14,17H,10,15-16H2,1-2H3,(H,24,27). The minimum Gasteiger partial charge on any atom is -0.359 e. The molecule has 0 aliphatic carbocycles. The maximum absolute atomic E-state index is 12.4. The summed E-state index contributed by atoms with van der Waals surface area (Å²) in [6.07, 6.45) is 8.21. The molecule has 0 aliphatic rings. The molecular formula is C21H25N5O. The Kier molecular flexibility index (Phi) is 6.20. The van der Waals surface area contributed by atoms with E-state index in [0.717, 1.165) is 30.0 Å². The number of amides is 1. The summed E-state index contributed by atoms with van der Waals surface area (Å²) in [6, 6.07) is 13.4. The second kappa shape index (κ2) is 8.98. The van der Waals surface area contributed by atoms with Crippen LogP contribution in [-0.2, 0) is 17.8 Å². The lowest BCUT2D eigenvalue weighted by Gasteiger charge is -2.21. The fraction of sp³-hybridized carbons (Fsp3) is 0.286. The second-order valence-corrected chi connectivity index (χ2v) is 6.50. The molecule has 1 N–H and O–H groups in total. The van der Waals surface area contributed by atoms with E-state index in [1.54, 1.807) is 6.20 Å². The zero-order valence-corrected chi connectivity index (χ0v) is 15.7. The third-order valence-electron chi connectivity index (χ3n) is 4.57. The summed E-state index contributed by atoms with van der Waals surface area (Å²) in [5, 5.41) is 3.02. The van der Waals surface area contributed by atoms with Crippen molar-refractivity contribution in [3.63, 3.8) is 0 Å². The Balaban J connectivity index is 1.60. The van der Waals surface area contributed by atoms with Crippen molar-refractivity contribution in [3.8, 4) is 0 Å². The van der Waals surface area contributed by atoms with Crippen molar-refractivity contribution in [2.75, 3.05) is 18.5 Å². The van der Waals surface area contributed by atoms with Crippen LogP contribution in [-0.4, -0.2) is 34.0 Å². The highest BCUT2D eigenvalue weighted by Gasteiger charge is 2.15. The van der Waals surface area contributed by atoms with Crippen molar-refractivity contribution in [1.29, 1.82) is 0 Å². The van der Waals surface area contributed by atoms with Crippen LogP contribution in [0.3, 0.4) is 0 Å². The minimum atomic E-state index is -0.248. The predicted molar refractivity (Wildman–Crippen MR) is 106 cm³/mol. The molecule has 3 aromatic rings. The molecule has 0 radical (unpaired) electrons. The Morgan fingerprint density at radius 2 is 1.89 bits per heavy atom. The molecule has 140 valence electrons. The van der Waals surface area contributed by atoms with Gasteiger partial charge in [-0.15, -0.1) is 0 Å². The summed E-state index contributed by atoms with van der Waals surface area (Å²) in [5.41, 5.74) is 2.05. The Bertz CT molecular complexity index is 848. The van der Waals surface area contributed by atoms with Crippen molar-refractivity contribution < 1.29 is 4.79 Å². The molecular weight excluding hydrogens is 338 g/mol. The van der Waals surface area contributed by atoms with Crippen molar-refractivity contribution >= 4 is 11.7 Å². The fourth-order valence-corrected chi connectivity index (χ4v) is 2.92. The molecule has 3 aromatic heterocycles. The van der Waals surface area contributed by atoms with Crippen LogP contribution in [0.5, 0.6) is 0 Å². The van der Waals surface area contributed by atoms with E-state index in [4.69, 9.17) is 0 Å². The molecule has 1 amide bonds. The maximum atomic E-state index is 12.4. The smallest absolute Gasteiger partial charge is 0.243 e. The van der Waals surface area contributed by atoms with Gasteiger partial charge >= 0.3 is 0 Å². The zero-order chi connectivity index (χ0) is 19.1. The lowest BCUT2D eigenvalue weighted by Crippen LogP contribution is -2.31. The van der Waals surface area contributed by atoms with Crippen molar-refractivity contribution in [3.05, 3.63) is 78.5 Å². The van der Waals surface area contributed by atoms with Gasteiger partial charge in [-0.1, -0.05) is 12.1 Å². The summed E-state index contributed by atoms with van der Waals surface area (Å²) in [7, 11) is 2.01. The molecule has 0 bridgehead atoms. The first-order chi connectivity index (χ1) is 13.1. The molecule has 1 atom stereocenters. The van der Waals surface area contributed by atoms with Crippen LogP contribution in [0, 0.1) is 0 Å². The SMILES string of the molecule is CC(C(=O)NCc1cccnc1N(C)CCc1ccccn1)n1cccc1. The first-order valence-corrected chi connectivity index (χ1v) is 9.10. The number of nitrogens with zero attached hydrogens (tertiary/aromatic N) is 4. The largest absolute Gasteiger partial charge is 0.359 e. The number of likely N-dealkylation sites (N-methyl/N-ethyl adjacent to an activating group) is 1. The average Bonchev–Trinajstić information content (AvgIpc) is 3.25. The first kappa shape index (κ1) is 18.6. The highest BCUT2D eigenvalue weighted by atomic mass is 16.2. The van der Waals surface area contributed by atoms with Crippen LogP contribution < -0.4 is 10.2 Å². The Hall–Kier alpha value is -3.15. The third-order valence-corrected chi connectivity index (χ3v) is 4.57. The lowest BCUT2D eigenvalue weighted by atomic mass is 10.2. The minimum absolute atomic E-state index is 0.0165. The molecule has 3 heterocycles. The number of rotatable bonds is 8. The summed E-state index contributed by atoms with van der Waals surface area (Å²) in [5.74, 6) is 0.861. The quantitative estimate of drug-likeness (QED) is 0.668. The Labute approximate surface area is 159 Å². The van der Waals surface area contributed by atoms with Crippen LogP contribution >= 0.6 is 0 Å². The van der Waals surface area contributed by atoms with Gasteiger partial charge in [0.2, 0.25) is 5.91 Å². The molecule has 6 heteroatoms. The van der Waals surface area contributed by atoms with Crippen LogP contribution in [0.15, 0.2) is 67.3 Å². The maximum Gasteiger partial charge on any atom is 0.243 e. The Morgan fingerprint density at radius 3 is 2.63 bits per heavy atom. The van der Waals surface area contributed by atoms with Gasteiger partial charge in [0.25, 0.3) is 0 Å². The predicted octanol–water partition coefficient (Wildman–Crippen LogP) is 2.83. The number of hydrogen-bond acceptors (Lipinski definition) is 4. The first-order valence-electron chi connectivity index (χ1n) is 9.10. The second-order valence-electron chi connectivity index (χ2n) is 6.50. The Morgan fingerprint density at radius 1 is 1.11 bits per heavy atom. The molecule has 6 nitrogen and oxygen atoms in total. The molecule has 0 spiro atoms. The molecule has 0 saturated heterocycles. The normalized spacial score (nSPS) is 11.8. The molecule has 0 aromatic carbocycles. The van der Waals surface area contributed by atoms with E-state index in [9.17, 15) is 4.79 Å². The van der Waals surface area contributed by atoms with Gasteiger partial charge < -0.3 is 14.8 Å². The number of anilines is 1. The molecule has 3 rings (SSSR count). The zero-order valence-electron chi connectivity index (χ0n) is 15.7. The van der Waals surface area contributed by atoms with E-state index in [2.05, 4.69) is 20.2 Å². The number of nitrogens with one attached hydrogen (secondary N) is 1. The van der Waals surface area contributed by atoms with Crippen molar-refractivity contribution in [1.82, 2.24) is 19.9 Å². The van der Waals surface area contributed by atoms with Gasteiger partial charge in [0.1, 0.15) is 11.9 Å². The molecule has 0 saturated carbocycles. The highest BCUT2D eigenvalue weighted by molar-refractivity contribution is 5.80. The lowest BCUT2D eigenvalue weighted by molar-refractivity contribution is -0.124. The highest BCUT2D eigenvalue weighted by Crippen LogP contribution is 2.16. The monoisotopic (exact) mass is 363 g/mol. The summed E-state index contributed by atoms with van der Waals surface area (Å²) < 4.78 is 1.89. The van der Waals surface area contributed by atoms with Crippen molar-refractivity contribution in [2.24, 2.45) is 0 Å². The van der Waals surface area contributed by atoms with E-state index in [1.807, 2.05) is 79.6 Å². The number of hydrogen-bond donors (Lipinski definition) is 1. The van der Waals surface area contributed by atoms with Gasteiger partial charge in [0, 0.05) is 62.6 Å². The molecule has 27 heavy (non-hydrogen) atoms. The van der Waals surface area contributed by atoms with Crippen LogP contribution in [0.25, 0.3) is 0 Å².